The molecule has 0 fully saturated rings. The van der Waals surface area contributed by atoms with E-state index in [2.05, 4.69) is 11.9 Å². The molecule has 0 spiro atoms. The summed E-state index contributed by atoms with van der Waals surface area (Å²) >= 11 is 3.21. The molecule has 1 atom stereocenters. The fourth-order valence-electron chi connectivity index (χ4n) is 1.78. The lowest BCUT2D eigenvalue weighted by molar-refractivity contribution is 0.605. The maximum atomic E-state index is 12.1. The summed E-state index contributed by atoms with van der Waals surface area (Å²) in [5, 5.41) is 3.33. The molecule has 5 heteroatoms. The third-order valence-corrected chi connectivity index (χ3v) is 4.87. The Hall–Kier alpha value is -0.810. The van der Waals surface area contributed by atoms with Crippen LogP contribution in [0, 0.1) is 0 Å². The van der Waals surface area contributed by atoms with Gasteiger partial charge >= 0.3 is 0 Å². The maximum Gasteiger partial charge on any atom is 0.272 e. The van der Waals surface area contributed by atoms with Gasteiger partial charge in [0.1, 0.15) is 4.70 Å². The first-order valence-electron chi connectivity index (χ1n) is 4.94. The van der Waals surface area contributed by atoms with Gasteiger partial charge in [-0.3, -0.25) is 9.36 Å². The van der Waals surface area contributed by atoms with Gasteiger partial charge in [0, 0.05) is 11.8 Å². The SMILES string of the molecule is CCC1Cn2c(nc3ccsc3c2=O)S1. The van der Waals surface area contributed by atoms with Crippen molar-refractivity contribution in [3.63, 3.8) is 0 Å². The molecule has 3 nitrogen and oxygen atoms in total. The molecule has 0 amide bonds. The molecule has 0 saturated heterocycles. The highest BCUT2D eigenvalue weighted by Crippen LogP contribution is 2.32. The fraction of sp³-hybridized carbons (Fsp3) is 0.400. The van der Waals surface area contributed by atoms with Crippen LogP contribution in [0.3, 0.4) is 0 Å². The lowest BCUT2D eigenvalue weighted by atomic mass is 10.3. The number of hydrogen-bond acceptors (Lipinski definition) is 4. The van der Waals surface area contributed by atoms with Crippen LogP contribution in [0.1, 0.15) is 13.3 Å². The van der Waals surface area contributed by atoms with Gasteiger partial charge in [-0.15, -0.1) is 11.3 Å². The topological polar surface area (TPSA) is 34.9 Å². The summed E-state index contributed by atoms with van der Waals surface area (Å²) in [6.07, 6.45) is 1.08. The summed E-state index contributed by atoms with van der Waals surface area (Å²) in [5.41, 5.74) is 0.981. The summed E-state index contributed by atoms with van der Waals surface area (Å²) < 4.78 is 2.61. The summed E-state index contributed by atoms with van der Waals surface area (Å²) in [4.78, 5) is 16.6. The van der Waals surface area contributed by atoms with Crippen molar-refractivity contribution in [1.29, 1.82) is 0 Å². The Morgan fingerprint density at radius 1 is 1.67 bits per heavy atom. The first-order valence-corrected chi connectivity index (χ1v) is 6.70. The van der Waals surface area contributed by atoms with Crippen LogP contribution in [-0.2, 0) is 6.54 Å². The molecule has 3 rings (SSSR count). The van der Waals surface area contributed by atoms with Gasteiger partial charge in [-0.1, -0.05) is 18.7 Å². The van der Waals surface area contributed by atoms with Crippen molar-refractivity contribution in [3.8, 4) is 0 Å². The number of nitrogens with zero attached hydrogens (tertiary/aromatic N) is 2. The van der Waals surface area contributed by atoms with Crippen molar-refractivity contribution < 1.29 is 0 Å². The number of thioether (sulfide) groups is 1. The molecule has 15 heavy (non-hydrogen) atoms. The van der Waals surface area contributed by atoms with Gasteiger partial charge in [0.25, 0.3) is 5.56 Å². The lowest BCUT2D eigenvalue weighted by Gasteiger charge is -2.00. The van der Waals surface area contributed by atoms with E-state index in [0.29, 0.717) is 5.25 Å². The van der Waals surface area contributed by atoms with Crippen molar-refractivity contribution >= 4 is 33.3 Å². The molecule has 1 aliphatic heterocycles. The number of rotatable bonds is 1. The number of hydrogen-bond donors (Lipinski definition) is 0. The Bertz CT molecular complexity index is 572. The zero-order valence-corrected chi connectivity index (χ0v) is 9.90. The van der Waals surface area contributed by atoms with E-state index in [4.69, 9.17) is 0 Å². The molecule has 2 aromatic rings. The summed E-state index contributed by atoms with van der Waals surface area (Å²) in [7, 11) is 0. The second-order valence-corrected chi connectivity index (χ2v) is 5.78. The Kier molecular flexibility index (Phi) is 2.10. The van der Waals surface area contributed by atoms with E-state index in [0.717, 1.165) is 28.3 Å². The van der Waals surface area contributed by atoms with E-state index in [-0.39, 0.29) is 5.56 Å². The number of aromatic nitrogens is 2. The first kappa shape index (κ1) is 9.42. The zero-order valence-electron chi connectivity index (χ0n) is 8.27. The van der Waals surface area contributed by atoms with Crippen LogP contribution in [0.4, 0.5) is 0 Å². The number of fused-ring (bicyclic) bond motifs is 2. The molecule has 1 unspecified atom stereocenters. The van der Waals surface area contributed by atoms with Gasteiger partial charge in [-0.05, 0) is 17.9 Å². The zero-order chi connectivity index (χ0) is 10.4. The van der Waals surface area contributed by atoms with Crippen LogP contribution in [0.15, 0.2) is 21.4 Å². The second kappa shape index (κ2) is 3.35. The third kappa shape index (κ3) is 1.33. The van der Waals surface area contributed by atoms with E-state index in [1.165, 1.54) is 11.3 Å². The normalized spacial score (nSPS) is 19.7. The van der Waals surface area contributed by atoms with Crippen molar-refractivity contribution in [2.24, 2.45) is 0 Å². The summed E-state index contributed by atoms with van der Waals surface area (Å²) in [6, 6.07) is 1.92. The van der Waals surface area contributed by atoms with Crippen LogP contribution >= 0.6 is 23.1 Å². The van der Waals surface area contributed by atoms with Crippen LogP contribution in [0.25, 0.3) is 10.2 Å². The van der Waals surface area contributed by atoms with Crippen LogP contribution in [-0.4, -0.2) is 14.8 Å². The molecule has 1 aliphatic rings. The van der Waals surface area contributed by atoms with E-state index in [9.17, 15) is 4.79 Å². The quantitative estimate of drug-likeness (QED) is 0.715. The largest absolute Gasteiger partial charge is 0.285 e. The third-order valence-electron chi connectivity index (χ3n) is 2.64. The van der Waals surface area contributed by atoms with Crippen LogP contribution in [0.5, 0.6) is 0 Å². The average molecular weight is 238 g/mol. The summed E-state index contributed by atoms with van der Waals surface area (Å²) in [6.45, 7) is 2.97. The van der Waals surface area contributed by atoms with E-state index < -0.39 is 0 Å². The molecule has 0 bridgehead atoms. The second-order valence-electron chi connectivity index (χ2n) is 3.59. The molecule has 0 N–H and O–H groups in total. The van der Waals surface area contributed by atoms with Gasteiger partial charge in [0.05, 0.1) is 5.52 Å². The average Bonchev–Trinajstić information content (AvgIpc) is 2.83. The molecule has 0 aliphatic carbocycles. The van der Waals surface area contributed by atoms with Crippen molar-refractivity contribution in [3.05, 3.63) is 21.8 Å². The predicted molar refractivity (Wildman–Crippen MR) is 63.8 cm³/mol. The van der Waals surface area contributed by atoms with Crippen molar-refractivity contribution in [2.75, 3.05) is 0 Å². The molecule has 2 aromatic heterocycles. The molecule has 0 saturated carbocycles. The van der Waals surface area contributed by atoms with Crippen LogP contribution in [0.2, 0.25) is 0 Å². The minimum absolute atomic E-state index is 0.133. The first-order chi connectivity index (χ1) is 7.29. The Morgan fingerprint density at radius 3 is 3.33 bits per heavy atom. The van der Waals surface area contributed by atoms with Gasteiger partial charge in [-0.2, -0.15) is 0 Å². The highest BCUT2D eigenvalue weighted by atomic mass is 32.2. The standard InChI is InChI=1S/C10H10N2OS2/c1-2-6-5-12-9(13)8-7(3-4-14-8)11-10(12)15-6/h3-4,6H,2,5H2,1H3. The van der Waals surface area contributed by atoms with Gasteiger partial charge in [0.2, 0.25) is 0 Å². The van der Waals surface area contributed by atoms with Gasteiger partial charge in [-0.25, -0.2) is 4.98 Å². The number of thiophene rings is 1. The Balaban J connectivity index is 2.26. The Labute approximate surface area is 95.1 Å². The lowest BCUT2D eigenvalue weighted by Crippen LogP contribution is -2.20. The van der Waals surface area contributed by atoms with Gasteiger partial charge in [0.15, 0.2) is 5.16 Å². The molecular weight excluding hydrogens is 228 g/mol. The molecular formula is C10H10N2OS2. The minimum atomic E-state index is 0.133. The summed E-state index contributed by atoms with van der Waals surface area (Å²) in [5.74, 6) is 0. The van der Waals surface area contributed by atoms with E-state index in [1.54, 1.807) is 11.8 Å². The van der Waals surface area contributed by atoms with Crippen LogP contribution < -0.4 is 5.56 Å². The van der Waals surface area contributed by atoms with Crippen molar-refractivity contribution in [1.82, 2.24) is 9.55 Å². The molecule has 78 valence electrons. The monoisotopic (exact) mass is 238 g/mol. The smallest absolute Gasteiger partial charge is 0.272 e. The minimum Gasteiger partial charge on any atom is -0.285 e. The molecule has 3 heterocycles. The highest BCUT2D eigenvalue weighted by Gasteiger charge is 2.24. The van der Waals surface area contributed by atoms with E-state index >= 15 is 0 Å². The molecule has 0 aromatic carbocycles. The fourth-order valence-corrected chi connectivity index (χ4v) is 3.68. The van der Waals surface area contributed by atoms with Crippen molar-refractivity contribution in [2.45, 2.75) is 30.3 Å². The van der Waals surface area contributed by atoms with E-state index in [1.807, 2.05) is 16.0 Å². The maximum absolute atomic E-state index is 12.1. The predicted octanol–water partition coefficient (Wildman–Crippen LogP) is 2.34. The van der Waals surface area contributed by atoms with Gasteiger partial charge < -0.3 is 0 Å². The highest BCUT2D eigenvalue weighted by molar-refractivity contribution is 8.00. The Morgan fingerprint density at radius 2 is 2.53 bits per heavy atom. The molecule has 0 radical (unpaired) electrons.